The maximum absolute atomic E-state index is 12.8. The molecule has 1 unspecified atom stereocenters. The van der Waals surface area contributed by atoms with Crippen molar-refractivity contribution in [1.82, 2.24) is 4.31 Å². The molecule has 1 aliphatic rings. The number of β-amino-alcohol motifs (C(OH)–C–C–N with tert-alkyl or cyclic N) is 1. The molecule has 0 saturated carbocycles. The van der Waals surface area contributed by atoms with Gasteiger partial charge in [0.15, 0.2) is 0 Å². The van der Waals surface area contributed by atoms with E-state index in [2.05, 4.69) is 0 Å². The first-order valence-corrected chi connectivity index (χ1v) is 8.04. The average Bonchev–Trinajstić information content (AvgIpc) is 2.79. The normalized spacial score (nSPS) is 24.3. The second-order valence-corrected chi connectivity index (χ2v) is 7.47. The van der Waals surface area contributed by atoms with E-state index in [1.54, 1.807) is 19.1 Å². The fourth-order valence-electron chi connectivity index (χ4n) is 2.67. The third-order valence-corrected chi connectivity index (χ3v) is 5.69. The molecule has 1 aliphatic heterocycles. The lowest BCUT2D eigenvalue weighted by atomic mass is 10.1. The second kappa shape index (κ2) is 4.55. The topological polar surface area (TPSA) is 57.6 Å². The summed E-state index contributed by atoms with van der Waals surface area (Å²) in [6.45, 7) is 2.18. The van der Waals surface area contributed by atoms with Crippen LogP contribution in [0.15, 0.2) is 47.4 Å². The Balaban J connectivity index is 2.11. The molecule has 1 saturated heterocycles. The molecule has 1 atom stereocenters. The number of rotatable bonds is 2. The number of nitrogens with zero attached hydrogens (tertiary/aromatic N) is 1. The minimum Gasteiger partial charge on any atom is -0.389 e. The minimum atomic E-state index is -3.56. The monoisotopic (exact) mass is 291 g/mol. The number of hydrogen-bond acceptors (Lipinski definition) is 3. The van der Waals surface area contributed by atoms with Crippen LogP contribution in [0.3, 0.4) is 0 Å². The fraction of sp³-hybridized carbons (Fsp3) is 0.333. The van der Waals surface area contributed by atoms with Crippen LogP contribution in [-0.4, -0.2) is 36.5 Å². The smallest absolute Gasteiger partial charge is 0.243 e. The van der Waals surface area contributed by atoms with Crippen molar-refractivity contribution < 1.29 is 13.5 Å². The highest BCUT2D eigenvalue weighted by atomic mass is 32.2. The van der Waals surface area contributed by atoms with Crippen LogP contribution in [0.1, 0.15) is 13.3 Å². The van der Waals surface area contributed by atoms with Gasteiger partial charge in [-0.1, -0.05) is 36.4 Å². The van der Waals surface area contributed by atoms with Gasteiger partial charge in [-0.3, -0.25) is 0 Å². The van der Waals surface area contributed by atoms with Crippen LogP contribution >= 0.6 is 0 Å². The average molecular weight is 291 g/mol. The van der Waals surface area contributed by atoms with E-state index in [0.29, 0.717) is 17.9 Å². The van der Waals surface area contributed by atoms with Gasteiger partial charge in [-0.25, -0.2) is 8.42 Å². The number of fused-ring (bicyclic) bond motifs is 1. The van der Waals surface area contributed by atoms with Crippen molar-refractivity contribution in [3.8, 4) is 0 Å². The van der Waals surface area contributed by atoms with Crippen LogP contribution in [0.2, 0.25) is 0 Å². The number of benzene rings is 2. The molecule has 0 bridgehead atoms. The first kappa shape index (κ1) is 13.5. The standard InChI is InChI=1S/C15H17NO3S/c1-15(17)9-10-16(11-15)20(18,19)14-8-4-6-12-5-2-3-7-13(12)14/h2-8,17H,9-11H2,1H3. The zero-order valence-electron chi connectivity index (χ0n) is 11.3. The molecule has 1 heterocycles. The number of hydrogen-bond donors (Lipinski definition) is 1. The lowest BCUT2D eigenvalue weighted by Crippen LogP contribution is -2.34. The predicted octanol–water partition coefficient (Wildman–Crippen LogP) is 1.99. The molecular weight excluding hydrogens is 274 g/mol. The van der Waals surface area contributed by atoms with Crippen molar-refractivity contribution in [2.24, 2.45) is 0 Å². The van der Waals surface area contributed by atoms with Crippen molar-refractivity contribution >= 4 is 20.8 Å². The summed E-state index contributed by atoms with van der Waals surface area (Å²) >= 11 is 0. The SMILES string of the molecule is CC1(O)CCN(S(=O)(=O)c2cccc3ccccc23)C1. The summed E-state index contributed by atoms with van der Waals surface area (Å²) in [6.07, 6.45) is 0.469. The van der Waals surface area contributed by atoms with E-state index in [1.165, 1.54) is 4.31 Å². The molecule has 0 spiro atoms. The second-order valence-electron chi connectivity index (χ2n) is 5.56. The van der Waals surface area contributed by atoms with Gasteiger partial charge in [-0.05, 0) is 24.8 Å². The van der Waals surface area contributed by atoms with Crippen molar-refractivity contribution in [3.05, 3.63) is 42.5 Å². The molecule has 0 radical (unpaired) electrons. The van der Waals surface area contributed by atoms with Crippen molar-refractivity contribution in [2.75, 3.05) is 13.1 Å². The highest BCUT2D eigenvalue weighted by Gasteiger charge is 2.38. The molecule has 0 amide bonds. The highest BCUT2D eigenvalue weighted by molar-refractivity contribution is 7.89. The summed E-state index contributed by atoms with van der Waals surface area (Å²) in [5, 5.41) is 11.6. The molecule has 2 aromatic carbocycles. The highest BCUT2D eigenvalue weighted by Crippen LogP contribution is 2.30. The summed E-state index contributed by atoms with van der Waals surface area (Å²) in [6, 6.07) is 12.7. The van der Waals surface area contributed by atoms with Gasteiger partial charge >= 0.3 is 0 Å². The van der Waals surface area contributed by atoms with Gasteiger partial charge in [0.25, 0.3) is 0 Å². The van der Waals surface area contributed by atoms with Crippen LogP contribution in [0.5, 0.6) is 0 Å². The molecular formula is C15H17NO3S. The van der Waals surface area contributed by atoms with Gasteiger partial charge in [0.05, 0.1) is 10.5 Å². The van der Waals surface area contributed by atoms with Crippen molar-refractivity contribution in [1.29, 1.82) is 0 Å². The van der Waals surface area contributed by atoms with E-state index in [0.717, 1.165) is 10.8 Å². The Kier molecular flexibility index (Phi) is 3.08. The molecule has 106 valence electrons. The van der Waals surface area contributed by atoms with Gasteiger partial charge in [-0.15, -0.1) is 0 Å². The summed E-state index contributed by atoms with van der Waals surface area (Å²) < 4.78 is 26.9. The van der Waals surface area contributed by atoms with Gasteiger partial charge in [0.1, 0.15) is 0 Å². The maximum atomic E-state index is 12.8. The predicted molar refractivity (Wildman–Crippen MR) is 77.9 cm³/mol. The van der Waals surface area contributed by atoms with E-state index in [1.807, 2.05) is 30.3 Å². The Morgan fingerprint density at radius 1 is 1.15 bits per heavy atom. The Labute approximate surface area is 118 Å². The van der Waals surface area contributed by atoms with E-state index in [-0.39, 0.29) is 6.54 Å². The molecule has 0 aliphatic carbocycles. The van der Waals surface area contributed by atoms with Crippen LogP contribution in [0.25, 0.3) is 10.8 Å². The first-order chi connectivity index (χ1) is 9.40. The maximum Gasteiger partial charge on any atom is 0.243 e. The molecule has 1 fully saturated rings. The van der Waals surface area contributed by atoms with Gasteiger partial charge in [-0.2, -0.15) is 4.31 Å². The molecule has 1 N–H and O–H groups in total. The molecule has 5 heteroatoms. The van der Waals surface area contributed by atoms with Crippen LogP contribution in [0.4, 0.5) is 0 Å². The largest absolute Gasteiger partial charge is 0.389 e. The Morgan fingerprint density at radius 2 is 1.85 bits per heavy atom. The molecule has 0 aromatic heterocycles. The summed E-state index contributed by atoms with van der Waals surface area (Å²) in [5.74, 6) is 0. The zero-order chi connectivity index (χ0) is 14.4. The van der Waals surface area contributed by atoms with Crippen LogP contribution in [0, 0.1) is 0 Å². The van der Waals surface area contributed by atoms with Crippen LogP contribution in [-0.2, 0) is 10.0 Å². The number of aliphatic hydroxyl groups is 1. The molecule has 3 rings (SSSR count). The third-order valence-electron chi connectivity index (χ3n) is 3.78. The zero-order valence-corrected chi connectivity index (χ0v) is 12.1. The quantitative estimate of drug-likeness (QED) is 0.920. The van der Waals surface area contributed by atoms with E-state index in [4.69, 9.17) is 0 Å². The molecule has 4 nitrogen and oxygen atoms in total. The lowest BCUT2D eigenvalue weighted by Gasteiger charge is -2.19. The van der Waals surface area contributed by atoms with Crippen molar-refractivity contribution in [2.45, 2.75) is 23.8 Å². The first-order valence-electron chi connectivity index (χ1n) is 6.60. The third kappa shape index (κ3) is 2.22. The van der Waals surface area contributed by atoms with Gasteiger partial charge in [0, 0.05) is 18.5 Å². The minimum absolute atomic E-state index is 0.151. The van der Waals surface area contributed by atoms with Crippen molar-refractivity contribution in [3.63, 3.8) is 0 Å². The summed E-state index contributed by atoms with van der Waals surface area (Å²) in [4.78, 5) is 0.313. The van der Waals surface area contributed by atoms with Gasteiger partial charge in [0.2, 0.25) is 10.0 Å². The lowest BCUT2D eigenvalue weighted by molar-refractivity contribution is 0.0762. The summed E-state index contributed by atoms with van der Waals surface area (Å²) in [5.41, 5.74) is -0.933. The van der Waals surface area contributed by atoms with E-state index >= 15 is 0 Å². The van der Waals surface area contributed by atoms with E-state index < -0.39 is 15.6 Å². The Bertz CT molecular complexity index is 747. The molecule has 20 heavy (non-hydrogen) atoms. The van der Waals surface area contributed by atoms with Crippen LogP contribution < -0.4 is 0 Å². The van der Waals surface area contributed by atoms with E-state index in [9.17, 15) is 13.5 Å². The Morgan fingerprint density at radius 3 is 2.55 bits per heavy atom. The van der Waals surface area contributed by atoms with Gasteiger partial charge < -0.3 is 5.11 Å². The number of sulfonamides is 1. The Hall–Kier alpha value is -1.43. The fourth-order valence-corrected chi connectivity index (χ4v) is 4.44. The molecule has 2 aromatic rings. The summed E-state index contributed by atoms with van der Waals surface area (Å²) in [7, 11) is -3.56.